The molecule has 0 amide bonds. The molecule has 2 fully saturated rings. The minimum atomic E-state index is 0.539. The maximum atomic E-state index is 4.43. The molecule has 0 unspecified atom stereocenters. The molecule has 0 saturated carbocycles. The molecule has 2 saturated heterocycles. The normalized spacial score (nSPS) is 29.0. The molecule has 0 radical (unpaired) electrons. The van der Waals surface area contributed by atoms with Gasteiger partial charge in [0.2, 0.25) is 5.95 Å². The van der Waals surface area contributed by atoms with Crippen molar-refractivity contribution in [1.29, 1.82) is 0 Å². The van der Waals surface area contributed by atoms with Gasteiger partial charge in [0.15, 0.2) is 0 Å². The zero-order valence-electron chi connectivity index (χ0n) is 10.4. The molecule has 4 nitrogen and oxygen atoms in total. The smallest absolute Gasteiger partial charge is 0.223 e. The van der Waals surface area contributed by atoms with Gasteiger partial charge in [0.05, 0.1) is 0 Å². The van der Waals surface area contributed by atoms with E-state index in [2.05, 4.69) is 20.2 Å². The molecule has 0 aromatic carbocycles. The average molecular weight is 232 g/mol. The Morgan fingerprint density at radius 2 is 2.24 bits per heavy atom. The summed E-state index contributed by atoms with van der Waals surface area (Å²) in [6, 6.07) is 3.18. The molecule has 2 atom stereocenters. The molecule has 4 heteroatoms. The zero-order valence-corrected chi connectivity index (χ0v) is 10.4. The Kier molecular flexibility index (Phi) is 2.97. The third-order valence-corrected chi connectivity index (χ3v) is 3.97. The summed E-state index contributed by atoms with van der Waals surface area (Å²) in [6.45, 7) is 4.51. The Labute approximate surface area is 102 Å². The van der Waals surface area contributed by atoms with Crippen LogP contribution in [0.3, 0.4) is 0 Å². The maximum Gasteiger partial charge on any atom is 0.223 e. The van der Waals surface area contributed by atoms with Crippen molar-refractivity contribution >= 4 is 5.95 Å². The molecule has 0 bridgehead atoms. The first-order valence-electron chi connectivity index (χ1n) is 6.63. The highest BCUT2D eigenvalue weighted by atomic mass is 15.2. The molecule has 0 aliphatic carbocycles. The van der Waals surface area contributed by atoms with Crippen LogP contribution < -0.4 is 5.32 Å². The third kappa shape index (κ3) is 2.27. The molecule has 1 aromatic rings. The van der Waals surface area contributed by atoms with Gasteiger partial charge in [-0.3, -0.25) is 4.90 Å². The number of hydrogen-bond acceptors (Lipinski definition) is 4. The van der Waals surface area contributed by atoms with Crippen molar-refractivity contribution in [2.45, 2.75) is 44.7 Å². The largest absolute Gasteiger partial charge is 0.350 e. The number of nitrogens with one attached hydrogen (secondary N) is 1. The van der Waals surface area contributed by atoms with E-state index in [1.165, 1.54) is 38.8 Å². The van der Waals surface area contributed by atoms with Crippen molar-refractivity contribution in [2.24, 2.45) is 0 Å². The summed E-state index contributed by atoms with van der Waals surface area (Å²) in [4.78, 5) is 11.4. The van der Waals surface area contributed by atoms with E-state index >= 15 is 0 Å². The van der Waals surface area contributed by atoms with Gasteiger partial charge in [0.25, 0.3) is 0 Å². The first kappa shape index (κ1) is 11.0. The van der Waals surface area contributed by atoms with Crippen LogP contribution in [0.5, 0.6) is 0 Å². The predicted octanol–water partition coefficient (Wildman–Crippen LogP) is 1.82. The van der Waals surface area contributed by atoms with Gasteiger partial charge in [0, 0.05) is 30.5 Å². The predicted molar refractivity (Wildman–Crippen MR) is 68.0 cm³/mol. The highest BCUT2D eigenvalue weighted by molar-refractivity contribution is 5.28. The Morgan fingerprint density at radius 3 is 3.12 bits per heavy atom. The maximum absolute atomic E-state index is 4.43. The van der Waals surface area contributed by atoms with Crippen LogP contribution in [0.4, 0.5) is 5.95 Å². The number of aromatic nitrogens is 2. The van der Waals surface area contributed by atoms with E-state index < -0.39 is 0 Å². The summed E-state index contributed by atoms with van der Waals surface area (Å²) >= 11 is 0. The standard InChI is InChI=1S/C13H20N4/c1-10-5-7-14-13(15-10)16-11-6-9-17-8-3-2-4-12(11)17/h5,7,11-12H,2-4,6,8-9H2,1H3,(H,14,15,16)/t11-,12-/m1/s1. The average Bonchev–Trinajstić information content (AvgIpc) is 2.73. The molecule has 17 heavy (non-hydrogen) atoms. The van der Waals surface area contributed by atoms with Gasteiger partial charge in [-0.2, -0.15) is 0 Å². The molecule has 0 spiro atoms. The molecule has 3 rings (SSSR count). The molecule has 2 aliphatic heterocycles. The molecule has 92 valence electrons. The van der Waals surface area contributed by atoms with Crippen LogP contribution >= 0.6 is 0 Å². The zero-order chi connectivity index (χ0) is 11.7. The lowest BCUT2D eigenvalue weighted by atomic mass is 9.99. The minimum Gasteiger partial charge on any atom is -0.350 e. The van der Waals surface area contributed by atoms with Crippen LogP contribution in [0.2, 0.25) is 0 Å². The van der Waals surface area contributed by atoms with Crippen molar-refractivity contribution in [3.8, 4) is 0 Å². The van der Waals surface area contributed by atoms with Crippen molar-refractivity contribution in [3.63, 3.8) is 0 Å². The van der Waals surface area contributed by atoms with Gasteiger partial charge < -0.3 is 5.32 Å². The number of hydrogen-bond donors (Lipinski definition) is 1. The number of nitrogens with zero attached hydrogens (tertiary/aromatic N) is 3. The lowest BCUT2D eigenvalue weighted by Crippen LogP contribution is -2.42. The second-order valence-corrected chi connectivity index (χ2v) is 5.16. The summed E-state index contributed by atoms with van der Waals surface area (Å²) in [5.41, 5.74) is 1.03. The summed E-state index contributed by atoms with van der Waals surface area (Å²) in [5.74, 6) is 0.794. The SMILES string of the molecule is Cc1ccnc(N[C@@H]2CCN3CCCC[C@H]23)n1. The fourth-order valence-corrected chi connectivity index (χ4v) is 3.10. The second kappa shape index (κ2) is 4.61. The van der Waals surface area contributed by atoms with Gasteiger partial charge in [-0.15, -0.1) is 0 Å². The van der Waals surface area contributed by atoms with Gasteiger partial charge >= 0.3 is 0 Å². The molecular weight excluding hydrogens is 212 g/mol. The molecule has 2 aliphatic rings. The van der Waals surface area contributed by atoms with Crippen LogP contribution in [0.15, 0.2) is 12.3 Å². The third-order valence-electron chi connectivity index (χ3n) is 3.97. The summed E-state index contributed by atoms with van der Waals surface area (Å²) in [6.07, 6.45) is 7.11. The number of piperidine rings is 1. The van der Waals surface area contributed by atoms with E-state index in [0.717, 1.165) is 11.6 Å². The molecule has 1 N–H and O–H groups in total. The van der Waals surface area contributed by atoms with Crippen molar-refractivity contribution in [2.75, 3.05) is 18.4 Å². The Hall–Kier alpha value is -1.16. The van der Waals surface area contributed by atoms with Crippen LogP contribution in [0.1, 0.15) is 31.4 Å². The topological polar surface area (TPSA) is 41.1 Å². The van der Waals surface area contributed by atoms with Crippen LogP contribution in [-0.2, 0) is 0 Å². The van der Waals surface area contributed by atoms with E-state index in [1.54, 1.807) is 0 Å². The van der Waals surface area contributed by atoms with Gasteiger partial charge in [-0.1, -0.05) is 6.42 Å². The Balaban J connectivity index is 1.69. The van der Waals surface area contributed by atoms with Crippen LogP contribution in [-0.4, -0.2) is 40.0 Å². The van der Waals surface area contributed by atoms with E-state index in [1.807, 2.05) is 19.2 Å². The summed E-state index contributed by atoms with van der Waals surface area (Å²) in [7, 11) is 0. The lowest BCUT2D eigenvalue weighted by molar-refractivity contribution is 0.192. The highest BCUT2D eigenvalue weighted by Crippen LogP contribution is 2.28. The van der Waals surface area contributed by atoms with E-state index in [0.29, 0.717) is 12.1 Å². The first-order chi connectivity index (χ1) is 8.33. The van der Waals surface area contributed by atoms with Gasteiger partial charge in [-0.05, 0) is 38.8 Å². The van der Waals surface area contributed by atoms with Crippen molar-refractivity contribution in [3.05, 3.63) is 18.0 Å². The van der Waals surface area contributed by atoms with Crippen LogP contribution in [0.25, 0.3) is 0 Å². The first-order valence-corrected chi connectivity index (χ1v) is 6.63. The number of aryl methyl sites for hydroxylation is 1. The minimum absolute atomic E-state index is 0.539. The van der Waals surface area contributed by atoms with Crippen molar-refractivity contribution in [1.82, 2.24) is 14.9 Å². The number of anilines is 1. The van der Waals surface area contributed by atoms with Crippen molar-refractivity contribution < 1.29 is 0 Å². The summed E-state index contributed by atoms with van der Waals surface area (Å²) < 4.78 is 0. The van der Waals surface area contributed by atoms with Gasteiger partial charge in [0.1, 0.15) is 0 Å². The quantitative estimate of drug-likeness (QED) is 0.844. The fourth-order valence-electron chi connectivity index (χ4n) is 3.10. The number of rotatable bonds is 2. The fraction of sp³-hybridized carbons (Fsp3) is 0.692. The van der Waals surface area contributed by atoms with Crippen LogP contribution in [0, 0.1) is 6.92 Å². The monoisotopic (exact) mass is 232 g/mol. The molecular formula is C13H20N4. The molecule has 3 heterocycles. The lowest BCUT2D eigenvalue weighted by Gasteiger charge is -2.32. The second-order valence-electron chi connectivity index (χ2n) is 5.16. The van der Waals surface area contributed by atoms with Gasteiger partial charge in [-0.25, -0.2) is 9.97 Å². The number of fused-ring (bicyclic) bond motifs is 1. The molecule has 1 aromatic heterocycles. The Morgan fingerprint density at radius 1 is 1.29 bits per heavy atom. The Bertz CT molecular complexity index is 393. The highest BCUT2D eigenvalue weighted by Gasteiger charge is 2.35. The van der Waals surface area contributed by atoms with E-state index in [9.17, 15) is 0 Å². The van der Waals surface area contributed by atoms with E-state index in [4.69, 9.17) is 0 Å². The summed E-state index contributed by atoms with van der Waals surface area (Å²) in [5, 5.41) is 3.52. The van der Waals surface area contributed by atoms with E-state index in [-0.39, 0.29) is 0 Å².